The highest BCUT2D eigenvalue weighted by atomic mass is 16.1. The van der Waals surface area contributed by atoms with Crippen LogP contribution in [0.25, 0.3) is 0 Å². The minimum absolute atomic E-state index is 0.00495. The lowest BCUT2D eigenvalue weighted by Gasteiger charge is -2.08. The van der Waals surface area contributed by atoms with E-state index in [9.17, 15) is 4.79 Å². The van der Waals surface area contributed by atoms with Gasteiger partial charge in [0.2, 0.25) is 5.78 Å². The molecule has 18 heavy (non-hydrogen) atoms. The van der Waals surface area contributed by atoms with Gasteiger partial charge < -0.3 is 0 Å². The molecule has 0 bridgehead atoms. The molecule has 0 saturated heterocycles. The van der Waals surface area contributed by atoms with Gasteiger partial charge in [0.25, 0.3) is 0 Å². The molecule has 0 fully saturated rings. The molecule has 0 aliphatic carbocycles. The van der Waals surface area contributed by atoms with Crippen LogP contribution in [-0.4, -0.2) is 20.8 Å². The fourth-order valence-electron chi connectivity index (χ4n) is 1.95. The Bertz CT molecular complexity index is 572. The third-order valence-electron chi connectivity index (χ3n) is 3.14. The van der Waals surface area contributed by atoms with Gasteiger partial charge in [-0.05, 0) is 31.4 Å². The van der Waals surface area contributed by atoms with E-state index >= 15 is 0 Å². The monoisotopic (exact) mass is 243 g/mol. The van der Waals surface area contributed by atoms with Gasteiger partial charge in [-0.3, -0.25) is 4.79 Å². The molecule has 1 heterocycles. The van der Waals surface area contributed by atoms with E-state index in [0.717, 1.165) is 23.1 Å². The Morgan fingerprint density at radius 2 is 2.11 bits per heavy atom. The van der Waals surface area contributed by atoms with Gasteiger partial charge in [-0.15, -0.1) is 5.10 Å². The van der Waals surface area contributed by atoms with Crippen molar-refractivity contribution in [1.29, 1.82) is 0 Å². The van der Waals surface area contributed by atoms with Gasteiger partial charge in [0.1, 0.15) is 5.69 Å². The number of ketones is 1. The van der Waals surface area contributed by atoms with Crippen LogP contribution < -0.4 is 0 Å². The summed E-state index contributed by atoms with van der Waals surface area (Å²) in [6.45, 7) is 6.74. The van der Waals surface area contributed by atoms with Crippen molar-refractivity contribution in [3.8, 4) is 0 Å². The van der Waals surface area contributed by atoms with Crippen molar-refractivity contribution >= 4 is 5.78 Å². The van der Waals surface area contributed by atoms with Crippen LogP contribution in [0.3, 0.4) is 0 Å². The number of carbonyl (C=O) groups excluding carboxylic acids is 1. The topological polar surface area (TPSA) is 47.8 Å². The molecule has 0 aliphatic rings. The van der Waals surface area contributed by atoms with Gasteiger partial charge in [0, 0.05) is 12.1 Å². The van der Waals surface area contributed by atoms with Crippen LogP contribution in [0, 0.1) is 13.8 Å². The number of carbonyl (C=O) groups is 1. The number of aromatic nitrogens is 3. The van der Waals surface area contributed by atoms with Gasteiger partial charge in [-0.2, -0.15) is 0 Å². The second-order valence-corrected chi connectivity index (χ2v) is 4.42. The Kier molecular flexibility index (Phi) is 3.55. The quantitative estimate of drug-likeness (QED) is 0.775. The normalized spacial score (nSPS) is 10.6. The highest BCUT2D eigenvalue weighted by Crippen LogP contribution is 2.16. The molecule has 2 aromatic rings. The van der Waals surface area contributed by atoms with Crippen molar-refractivity contribution in [3.05, 3.63) is 46.8 Å². The van der Waals surface area contributed by atoms with E-state index in [2.05, 4.69) is 10.3 Å². The van der Waals surface area contributed by atoms with Crippen molar-refractivity contribution in [2.45, 2.75) is 33.7 Å². The minimum atomic E-state index is -0.00495. The van der Waals surface area contributed by atoms with Crippen LogP contribution in [-0.2, 0) is 6.54 Å². The zero-order valence-electron chi connectivity index (χ0n) is 11.0. The van der Waals surface area contributed by atoms with Crippen LogP contribution in [0.15, 0.2) is 24.4 Å². The molecule has 0 spiro atoms. The molecule has 1 aromatic heterocycles. The number of hydrogen-bond donors (Lipinski definition) is 0. The Labute approximate surface area is 107 Å². The Morgan fingerprint density at radius 3 is 2.83 bits per heavy atom. The largest absolute Gasteiger partial charge is 0.287 e. The summed E-state index contributed by atoms with van der Waals surface area (Å²) in [7, 11) is 0. The molecular formula is C14H17N3O. The maximum atomic E-state index is 12.5. The van der Waals surface area contributed by atoms with Crippen LogP contribution in [0.5, 0.6) is 0 Å². The average molecular weight is 243 g/mol. The number of hydrogen-bond acceptors (Lipinski definition) is 3. The zero-order chi connectivity index (χ0) is 13.1. The lowest BCUT2D eigenvalue weighted by Crippen LogP contribution is -2.12. The molecule has 2 rings (SSSR count). The molecule has 0 radical (unpaired) electrons. The van der Waals surface area contributed by atoms with Crippen molar-refractivity contribution < 1.29 is 4.79 Å². The summed E-state index contributed by atoms with van der Waals surface area (Å²) >= 11 is 0. The second-order valence-electron chi connectivity index (χ2n) is 4.42. The van der Waals surface area contributed by atoms with Gasteiger partial charge in [-0.1, -0.05) is 30.3 Å². The zero-order valence-corrected chi connectivity index (χ0v) is 11.0. The summed E-state index contributed by atoms with van der Waals surface area (Å²) in [6.07, 6.45) is 2.47. The van der Waals surface area contributed by atoms with Crippen LogP contribution >= 0.6 is 0 Å². The maximum absolute atomic E-state index is 12.5. The Morgan fingerprint density at radius 1 is 1.33 bits per heavy atom. The first-order valence-corrected chi connectivity index (χ1v) is 6.14. The minimum Gasteiger partial charge on any atom is -0.287 e. The Hall–Kier alpha value is -1.97. The van der Waals surface area contributed by atoms with Gasteiger partial charge in [0.15, 0.2) is 0 Å². The first-order chi connectivity index (χ1) is 8.65. The number of rotatable bonds is 4. The van der Waals surface area contributed by atoms with Crippen LogP contribution in [0.2, 0.25) is 0 Å². The second kappa shape index (κ2) is 5.12. The molecule has 4 heteroatoms. The highest BCUT2D eigenvalue weighted by molar-refractivity contribution is 6.08. The van der Waals surface area contributed by atoms with Gasteiger partial charge >= 0.3 is 0 Å². The van der Waals surface area contributed by atoms with Crippen molar-refractivity contribution in [2.75, 3.05) is 0 Å². The molecule has 0 unspecified atom stereocenters. The summed E-state index contributed by atoms with van der Waals surface area (Å²) in [5.41, 5.74) is 3.43. The summed E-state index contributed by atoms with van der Waals surface area (Å²) < 4.78 is 1.67. The van der Waals surface area contributed by atoms with Crippen molar-refractivity contribution in [2.24, 2.45) is 0 Å². The first kappa shape index (κ1) is 12.5. The molecular weight excluding hydrogens is 226 g/mol. The smallest absolute Gasteiger partial charge is 0.212 e. The van der Waals surface area contributed by atoms with E-state index in [-0.39, 0.29) is 5.78 Å². The summed E-state index contributed by atoms with van der Waals surface area (Å²) in [5.74, 6) is -0.00495. The SMILES string of the molecule is CCCn1nncc1C(=O)c1cccc(C)c1C. The van der Waals surface area contributed by atoms with Gasteiger partial charge in [0.05, 0.1) is 6.20 Å². The fourth-order valence-corrected chi connectivity index (χ4v) is 1.95. The maximum Gasteiger partial charge on any atom is 0.212 e. The van der Waals surface area contributed by atoms with Crippen molar-refractivity contribution in [3.63, 3.8) is 0 Å². The molecule has 4 nitrogen and oxygen atoms in total. The molecule has 0 atom stereocenters. The molecule has 94 valence electrons. The Balaban J connectivity index is 2.42. The molecule has 1 aromatic carbocycles. The average Bonchev–Trinajstić information content (AvgIpc) is 2.80. The third kappa shape index (κ3) is 2.18. The molecule has 0 saturated carbocycles. The number of nitrogens with zero attached hydrogens (tertiary/aromatic N) is 3. The third-order valence-corrected chi connectivity index (χ3v) is 3.14. The lowest BCUT2D eigenvalue weighted by molar-refractivity contribution is 0.102. The lowest BCUT2D eigenvalue weighted by atomic mass is 9.99. The van der Waals surface area contributed by atoms with E-state index in [1.807, 2.05) is 39.0 Å². The predicted molar refractivity (Wildman–Crippen MR) is 69.7 cm³/mol. The summed E-state index contributed by atoms with van der Waals surface area (Å²) in [6, 6.07) is 5.77. The standard InChI is InChI=1S/C14H17N3O/c1-4-8-17-13(9-15-16-17)14(18)12-7-5-6-10(2)11(12)3/h5-7,9H,4,8H2,1-3H3. The van der Waals surface area contributed by atoms with E-state index in [1.54, 1.807) is 10.9 Å². The van der Waals surface area contributed by atoms with E-state index < -0.39 is 0 Å². The molecule has 0 amide bonds. The molecule has 0 aliphatic heterocycles. The van der Waals surface area contributed by atoms with Crippen LogP contribution in [0.4, 0.5) is 0 Å². The fraction of sp³-hybridized carbons (Fsp3) is 0.357. The van der Waals surface area contributed by atoms with E-state index in [1.165, 1.54) is 0 Å². The summed E-state index contributed by atoms with van der Waals surface area (Å²) in [5, 5.41) is 7.78. The predicted octanol–water partition coefficient (Wildman–Crippen LogP) is 2.54. The number of aryl methyl sites for hydroxylation is 2. The highest BCUT2D eigenvalue weighted by Gasteiger charge is 2.17. The summed E-state index contributed by atoms with van der Waals surface area (Å²) in [4.78, 5) is 12.5. The molecule has 0 N–H and O–H groups in total. The number of benzene rings is 1. The van der Waals surface area contributed by atoms with E-state index in [0.29, 0.717) is 12.2 Å². The van der Waals surface area contributed by atoms with Crippen LogP contribution in [0.1, 0.15) is 40.5 Å². The van der Waals surface area contributed by atoms with E-state index in [4.69, 9.17) is 0 Å². The van der Waals surface area contributed by atoms with Gasteiger partial charge in [-0.25, -0.2) is 4.68 Å². The van der Waals surface area contributed by atoms with Crippen molar-refractivity contribution in [1.82, 2.24) is 15.0 Å². The first-order valence-electron chi connectivity index (χ1n) is 6.14.